The lowest BCUT2D eigenvalue weighted by molar-refractivity contribution is 0.309. The second kappa shape index (κ2) is 8.36. The van der Waals surface area contributed by atoms with Crippen molar-refractivity contribution in [2.75, 3.05) is 6.61 Å². The van der Waals surface area contributed by atoms with Crippen LogP contribution in [-0.2, 0) is 0 Å². The predicted octanol–water partition coefficient (Wildman–Crippen LogP) is 5.89. The van der Waals surface area contributed by atoms with Gasteiger partial charge in [-0.25, -0.2) is 0 Å². The molecule has 20 heavy (non-hydrogen) atoms. The van der Waals surface area contributed by atoms with Crippen LogP contribution in [-0.4, -0.2) is 6.61 Å². The van der Waals surface area contributed by atoms with E-state index in [1.807, 2.05) is 0 Å². The first-order chi connectivity index (χ1) is 9.83. The lowest BCUT2D eigenvalue weighted by Crippen LogP contribution is -2.11. The first kappa shape index (κ1) is 15.4. The maximum atomic E-state index is 5.71. The van der Waals surface area contributed by atoms with E-state index in [4.69, 9.17) is 16.3 Å². The van der Waals surface area contributed by atoms with Crippen molar-refractivity contribution in [1.82, 2.24) is 0 Å². The van der Waals surface area contributed by atoms with Crippen molar-refractivity contribution >= 4 is 11.6 Å². The fourth-order valence-corrected chi connectivity index (χ4v) is 3.12. The third-order valence-corrected chi connectivity index (χ3v) is 4.38. The molecule has 1 nitrogen and oxygen atoms in total. The predicted molar refractivity (Wildman–Crippen MR) is 86.5 cm³/mol. The summed E-state index contributed by atoms with van der Waals surface area (Å²) >= 11 is 5.66. The van der Waals surface area contributed by atoms with E-state index in [-0.39, 0.29) is 0 Å². The fourth-order valence-electron chi connectivity index (χ4n) is 2.92. The summed E-state index contributed by atoms with van der Waals surface area (Å²) in [6, 6.07) is 8.72. The van der Waals surface area contributed by atoms with Crippen molar-refractivity contribution < 1.29 is 4.74 Å². The number of unbranched alkanes of at least 4 members (excludes halogenated alkanes) is 1. The van der Waals surface area contributed by atoms with Gasteiger partial charge in [0.05, 0.1) is 6.61 Å². The normalized spacial score (nSPS) is 23.1. The van der Waals surface area contributed by atoms with Crippen molar-refractivity contribution in [3.05, 3.63) is 41.4 Å². The van der Waals surface area contributed by atoms with Crippen LogP contribution >= 0.6 is 11.6 Å². The van der Waals surface area contributed by atoms with Gasteiger partial charge in [0.1, 0.15) is 5.75 Å². The SMILES string of the molecule is CCCCOc1ccc([C@H]2CC[C@H](/C=C/Cl)CC2)cc1. The number of benzene rings is 1. The molecular weight excluding hydrogens is 268 g/mol. The van der Waals surface area contributed by atoms with E-state index in [1.54, 1.807) is 5.54 Å². The van der Waals surface area contributed by atoms with E-state index in [1.165, 1.54) is 37.7 Å². The fraction of sp³-hybridized carbons (Fsp3) is 0.556. The molecule has 1 aromatic carbocycles. The molecule has 1 saturated carbocycles. The van der Waals surface area contributed by atoms with Crippen molar-refractivity contribution in [1.29, 1.82) is 0 Å². The number of allylic oxidation sites excluding steroid dienone is 1. The molecule has 0 unspecified atom stereocenters. The Hall–Kier alpha value is -0.950. The van der Waals surface area contributed by atoms with Gasteiger partial charge in [-0.05, 0) is 61.6 Å². The van der Waals surface area contributed by atoms with Crippen LogP contribution in [0.3, 0.4) is 0 Å². The average molecular weight is 293 g/mol. The van der Waals surface area contributed by atoms with Gasteiger partial charge in [0.15, 0.2) is 0 Å². The van der Waals surface area contributed by atoms with Gasteiger partial charge in [-0.1, -0.05) is 43.2 Å². The largest absolute Gasteiger partial charge is 0.494 e. The molecule has 0 radical (unpaired) electrons. The van der Waals surface area contributed by atoms with E-state index < -0.39 is 0 Å². The van der Waals surface area contributed by atoms with Crippen LogP contribution in [0.25, 0.3) is 0 Å². The van der Waals surface area contributed by atoms with Gasteiger partial charge in [0.25, 0.3) is 0 Å². The summed E-state index contributed by atoms with van der Waals surface area (Å²) in [5, 5.41) is 0. The zero-order chi connectivity index (χ0) is 14.2. The minimum Gasteiger partial charge on any atom is -0.494 e. The van der Waals surface area contributed by atoms with Crippen LogP contribution in [0.15, 0.2) is 35.9 Å². The molecule has 0 saturated heterocycles. The molecule has 0 amide bonds. The Morgan fingerprint density at radius 1 is 1.15 bits per heavy atom. The highest BCUT2D eigenvalue weighted by Crippen LogP contribution is 2.36. The summed E-state index contributed by atoms with van der Waals surface area (Å²) < 4.78 is 5.71. The second-order valence-electron chi connectivity index (χ2n) is 5.70. The highest BCUT2D eigenvalue weighted by molar-refractivity contribution is 6.25. The maximum Gasteiger partial charge on any atom is 0.119 e. The Balaban J connectivity index is 1.84. The molecule has 0 atom stereocenters. The number of hydrogen-bond acceptors (Lipinski definition) is 1. The molecule has 1 aliphatic carbocycles. The van der Waals surface area contributed by atoms with Gasteiger partial charge in [-0.3, -0.25) is 0 Å². The third-order valence-electron chi connectivity index (χ3n) is 4.23. The molecule has 1 aromatic rings. The van der Waals surface area contributed by atoms with E-state index >= 15 is 0 Å². The van der Waals surface area contributed by atoms with Gasteiger partial charge in [0.2, 0.25) is 0 Å². The number of hydrogen-bond donors (Lipinski definition) is 0. The van der Waals surface area contributed by atoms with Gasteiger partial charge in [-0.15, -0.1) is 0 Å². The Bertz CT molecular complexity index is 402. The van der Waals surface area contributed by atoms with Crippen molar-refractivity contribution in [2.45, 2.75) is 51.4 Å². The summed E-state index contributed by atoms with van der Waals surface area (Å²) in [6.07, 6.45) is 9.48. The molecule has 0 heterocycles. The second-order valence-corrected chi connectivity index (χ2v) is 5.95. The Kier molecular flexibility index (Phi) is 6.46. The van der Waals surface area contributed by atoms with Crippen molar-refractivity contribution in [3.8, 4) is 5.75 Å². The first-order valence-electron chi connectivity index (χ1n) is 7.83. The number of rotatable bonds is 6. The molecule has 110 valence electrons. The van der Waals surface area contributed by atoms with Gasteiger partial charge in [0, 0.05) is 5.54 Å². The molecule has 1 aliphatic rings. The third kappa shape index (κ3) is 4.56. The summed E-state index contributed by atoms with van der Waals surface area (Å²) in [5.74, 6) is 2.39. The highest BCUT2D eigenvalue weighted by Gasteiger charge is 2.20. The van der Waals surface area contributed by atoms with Crippen LogP contribution in [0.4, 0.5) is 0 Å². The van der Waals surface area contributed by atoms with Gasteiger partial charge < -0.3 is 4.74 Å². The summed E-state index contributed by atoms with van der Waals surface area (Å²) in [6.45, 7) is 3.01. The van der Waals surface area contributed by atoms with Crippen molar-refractivity contribution in [2.24, 2.45) is 5.92 Å². The smallest absolute Gasteiger partial charge is 0.119 e. The molecule has 0 aromatic heterocycles. The standard InChI is InChI=1S/C18H25ClO/c1-2-3-14-20-18-10-8-17(9-11-18)16-6-4-15(5-7-16)12-13-19/h8-13,15-16H,2-7,14H2,1H3/b13-12+/t15-,16-. The summed E-state index contributed by atoms with van der Waals surface area (Å²) in [5.41, 5.74) is 3.13. The van der Waals surface area contributed by atoms with Crippen LogP contribution in [0, 0.1) is 5.92 Å². The number of halogens is 1. The van der Waals surface area contributed by atoms with E-state index in [0.717, 1.165) is 18.8 Å². The summed E-state index contributed by atoms with van der Waals surface area (Å²) in [7, 11) is 0. The molecule has 0 aliphatic heterocycles. The molecule has 0 N–H and O–H groups in total. The average Bonchev–Trinajstić information content (AvgIpc) is 2.49. The molecule has 0 spiro atoms. The Morgan fingerprint density at radius 3 is 2.45 bits per heavy atom. The maximum absolute atomic E-state index is 5.71. The van der Waals surface area contributed by atoms with E-state index in [2.05, 4.69) is 37.3 Å². The quantitative estimate of drug-likeness (QED) is 0.594. The minimum absolute atomic E-state index is 0.681. The zero-order valence-electron chi connectivity index (χ0n) is 12.4. The molecule has 0 bridgehead atoms. The van der Waals surface area contributed by atoms with Gasteiger partial charge in [-0.2, -0.15) is 0 Å². The van der Waals surface area contributed by atoms with E-state index in [0.29, 0.717) is 11.8 Å². The molecular formula is C18H25ClO. The van der Waals surface area contributed by atoms with Crippen molar-refractivity contribution in [3.63, 3.8) is 0 Å². The monoisotopic (exact) mass is 292 g/mol. The molecule has 2 heteroatoms. The lowest BCUT2D eigenvalue weighted by Gasteiger charge is -2.27. The van der Waals surface area contributed by atoms with Gasteiger partial charge >= 0.3 is 0 Å². The summed E-state index contributed by atoms with van der Waals surface area (Å²) in [4.78, 5) is 0. The number of ether oxygens (including phenoxy) is 1. The highest BCUT2D eigenvalue weighted by atomic mass is 35.5. The molecule has 2 rings (SSSR count). The lowest BCUT2D eigenvalue weighted by atomic mass is 9.79. The first-order valence-corrected chi connectivity index (χ1v) is 8.26. The Labute approximate surface area is 128 Å². The van der Waals surface area contributed by atoms with Crippen LogP contribution in [0.1, 0.15) is 56.9 Å². The van der Waals surface area contributed by atoms with Crippen LogP contribution < -0.4 is 4.74 Å². The van der Waals surface area contributed by atoms with Crippen LogP contribution in [0.2, 0.25) is 0 Å². The zero-order valence-corrected chi connectivity index (χ0v) is 13.1. The topological polar surface area (TPSA) is 9.23 Å². The minimum atomic E-state index is 0.681. The van der Waals surface area contributed by atoms with E-state index in [9.17, 15) is 0 Å². The van der Waals surface area contributed by atoms with Crippen LogP contribution in [0.5, 0.6) is 5.75 Å². The molecule has 1 fully saturated rings. The Morgan fingerprint density at radius 2 is 1.85 bits per heavy atom.